The van der Waals surface area contributed by atoms with Crippen molar-refractivity contribution in [1.29, 1.82) is 0 Å². The number of carbonyl (C=O) groups is 1. The molecule has 98 valence electrons. The number of rotatable bonds is 3. The average molecular weight is 278 g/mol. The fourth-order valence-corrected chi connectivity index (χ4v) is 1.64. The Bertz CT molecular complexity index is 600. The van der Waals surface area contributed by atoms with E-state index in [4.69, 9.17) is 11.6 Å². The Kier molecular flexibility index (Phi) is 4.01. The van der Waals surface area contributed by atoms with Crippen LogP contribution >= 0.6 is 11.6 Å². The number of anilines is 1. The second-order valence-electron chi connectivity index (χ2n) is 3.90. The van der Waals surface area contributed by atoms with E-state index < -0.39 is 0 Å². The summed E-state index contributed by atoms with van der Waals surface area (Å²) in [5.41, 5.74) is 1.82. The topological polar surface area (TPSA) is 80.7 Å². The molecule has 1 N–H and O–H groups in total. The Morgan fingerprint density at radius 3 is 2.68 bits per heavy atom. The number of amides is 1. The van der Waals surface area contributed by atoms with Crippen LogP contribution in [0.3, 0.4) is 0 Å². The lowest BCUT2D eigenvalue weighted by Gasteiger charge is -2.07. The van der Waals surface area contributed by atoms with E-state index in [2.05, 4.69) is 25.7 Å². The second kappa shape index (κ2) is 5.71. The minimum Gasteiger partial charge on any atom is -0.305 e. The van der Waals surface area contributed by atoms with Crippen LogP contribution in [0.25, 0.3) is 0 Å². The van der Waals surface area contributed by atoms with E-state index in [1.165, 1.54) is 0 Å². The van der Waals surface area contributed by atoms with Gasteiger partial charge in [-0.15, -0.1) is 10.2 Å². The number of nitrogens with one attached hydrogen (secondary N) is 1. The van der Waals surface area contributed by atoms with Crippen molar-refractivity contribution >= 4 is 23.3 Å². The minimum absolute atomic E-state index is 0.272. The SMILES string of the molecule is CCc1nnc(C)cc1C(=O)Nc1ccc(Cl)nn1. The van der Waals surface area contributed by atoms with Crippen molar-refractivity contribution in [3.05, 3.63) is 40.3 Å². The smallest absolute Gasteiger partial charge is 0.258 e. The van der Waals surface area contributed by atoms with Crippen molar-refractivity contribution in [2.75, 3.05) is 5.32 Å². The molecule has 0 aliphatic rings. The highest BCUT2D eigenvalue weighted by Crippen LogP contribution is 2.11. The van der Waals surface area contributed by atoms with Gasteiger partial charge in [0, 0.05) is 0 Å². The summed E-state index contributed by atoms with van der Waals surface area (Å²) in [5.74, 6) is 0.0531. The molecule has 0 spiro atoms. The summed E-state index contributed by atoms with van der Waals surface area (Å²) in [6, 6.07) is 4.84. The first-order chi connectivity index (χ1) is 9.10. The van der Waals surface area contributed by atoms with Crippen LogP contribution in [0, 0.1) is 6.92 Å². The third-order valence-electron chi connectivity index (χ3n) is 2.45. The molecular weight excluding hydrogens is 266 g/mol. The quantitative estimate of drug-likeness (QED) is 0.928. The number of nitrogens with zero attached hydrogens (tertiary/aromatic N) is 4. The Morgan fingerprint density at radius 1 is 1.26 bits per heavy atom. The highest BCUT2D eigenvalue weighted by Gasteiger charge is 2.13. The predicted molar refractivity (Wildman–Crippen MR) is 71.1 cm³/mol. The van der Waals surface area contributed by atoms with Gasteiger partial charge in [-0.1, -0.05) is 18.5 Å². The molecular formula is C12H12ClN5O. The van der Waals surface area contributed by atoms with Crippen LogP contribution in [0.15, 0.2) is 18.2 Å². The normalized spacial score (nSPS) is 10.3. The summed E-state index contributed by atoms with van der Waals surface area (Å²) in [4.78, 5) is 12.2. The molecule has 6 nitrogen and oxygen atoms in total. The molecule has 0 saturated heterocycles. The monoisotopic (exact) mass is 277 g/mol. The van der Waals surface area contributed by atoms with Crippen LogP contribution in [-0.4, -0.2) is 26.3 Å². The second-order valence-corrected chi connectivity index (χ2v) is 4.28. The Balaban J connectivity index is 2.24. The standard InChI is InChI=1S/C12H12ClN5O/c1-3-9-8(6-7(2)15-16-9)12(19)14-11-5-4-10(13)17-18-11/h4-6H,3H2,1-2H3,(H,14,18,19). The maximum absolute atomic E-state index is 12.2. The van der Waals surface area contributed by atoms with Gasteiger partial charge in [-0.05, 0) is 31.5 Å². The van der Waals surface area contributed by atoms with Gasteiger partial charge in [-0.3, -0.25) is 4.79 Å². The van der Waals surface area contributed by atoms with E-state index in [9.17, 15) is 4.79 Å². The molecule has 0 aliphatic carbocycles. The molecule has 0 atom stereocenters. The molecule has 19 heavy (non-hydrogen) atoms. The van der Waals surface area contributed by atoms with Gasteiger partial charge >= 0.3 is 0 Å². The summed E-state index contributed by atoms with van der Waals surface area (Å²) in [6.45, 7) is 3.70. The Hall–Kier alpha value is -2.08. The maximum Gasteiger partial charge on any atom is 0.258 e. The summed E-state index contributed by atoms with van der Waals surface area (Å²) in [5, 5.41) is 18.3. The van der Waals surface area contributed by atoms with Crippen molar-refractivity contribution in [3.63, 3.8) is 0 Å². The van der Waals surface area contributed by atoms with Crippen molar-refractivity contribution in [3.8, 4) is 0 Å². The van der Waals surface area contributed by atoms with Gasteiger partial charge in [0.1, 0.15) is 0 Å². The van der Waals surface area contributed by atoms with Crippen molar-refractivity contribution in [2.24, 2.45) is 0 Å². The molecule has 1 amide bonds. The summed E-state index contributed by atoms with van der Waals surface area (Å²) < 4.78 is 0. The van der Waals surface area contributed by atoms with Gasteiger partial charge < -0.3 is 5.32 Å². The summed E-state index contributed by atoms with van der Waals surface area (Å²) in [7, 11) is 0. The molecule has 0 bridgehead atoms. The van der Waals surface area contributed by atoms with Gasteiger partial charge in [0.2, 0.25) is 0 Å². The number of aryl methyl sites for hydroxylation is 2. The molecule has 2 rings (SSSR count). The fourth-order valence-electron chi connectivity index (χ4n) is 1.54. The third-order valence-corrected chi connectivity index (χ3v) is 2.65. The zero-order chi connectivity index (χ0) is 13.8. The number of carbonyl (C=O) groups excluding carboxylic acids is 1. The van der Waals surface area contributed by atoms with Crippen LogP contribution < -0.4 is 5.32 Å². The molecule has 2 aromatic rings. The lowest BCUT2D eigenvalue weighted by Crippen LogP contribution is -2.17. The minimum atomic E-state index is -0.286. The molecule has 2 aromatic heterocycles. The molecule has 0 aliphatic heterocycles. The van der Waals surface area contributed by atoms with E-state index in [-0.39, 0.29) is 11.1 Å². The Morgan fingerprint density at radius 2 is 2.05 bits per heavy atom. The van der Waals surface area contributed by atoms with E-state index in [1.807, 2.05) is 6.92 Å². The number of aromatic nitrogens is 4. The molecule has 0 fully saturated rings. The molecule has 0 radical (unpaired) electrons. The van der Waals surface area contributed by atoms with E-state index >= 15 is 0 Å². The van der Waals surface area contributed by atoms with Gasteiger partial charge in [0.05, 0.1) is 17.0 Å². The van der Waals surface area contributed by atoms with Gasteiger partial charge in [0.25, 0.3) is 5.91 Å². The van der Waals surface area contributed by atoms with Gasteiger partial charge in [-0.25, -0.2) is 0 Å². The fraction of sp³-hybridized carbons (Fsp3) is 0.250. The molecule has 0 unspecified atom stereocenters. The molecule has 0 aromatic carbocycles. The highest BCUT2D eigenvalue weighted by molar-refractivity contribution is 6.29. The number of halogens is 1. The van der Waals surface area contributed by atoms with Crippen LogP contribution in [0.1, 0.15) is 28.7 Å². The highest BCUT2D eigenvalue weighted by atomic mass is 35.5. The predicted octanol–water partition coefficient (Wildman–Crippen LogP) is 2.04. The zero-order valence-electron chi connectivity index (χ0n) is 10.5. The lowest BCUT2D eigenvalue weighted by molar-refractivity contribution is 0.102. The van der Waals surface area contributed by atoms with Crippen molar-refractivity contribution in [2.45, 2.75) is 20.3 Å². The third kappa shape index (κ3) is 3.23. The van der Waals surface area contributed by atoms with E-state index in [0.29, 0.717) is 29.2 Å². The van der Waals surface area contributed by atoms with Crippen molar-refractivity contribution < 1.29 is 4.79 Å². The maximum atomic E-state index is 12.2. The van der Waals surface area contributed by atoms with E-state index in [0.717, 1.165) is 0 Å². The summed E-state index contributed by atoms with van der Waals surface area (Å²) >= 11 is 5.63. The van der Waals surface area contributed by atoms with Gasteiger partial charge in [0.15, 0.2) is 11.0 Å². The Labute approximate surface area is 115 Å². The van der Waals surface area contributed by atoms with Crippen LogP contribution in [0.5, 0.6) is 0 Å². The van der Waals surface area contributed by atoms with Gasteiger partial charge in [-0.2, -0.15) is 10.2 Å². The van der Waals surface area contributed by atoms with Crippen LogP contribution in [-0.2, 0) is 6.42 Å². The van der Waals surface area contributed by atoms with Crippen molar-refractivity contribution in [1.82, 2.24) is 20.4 Å². The molecule has 7 heteroatoms. The average Bonchev–Trinajstić information content (AvgIpc) is 2.41. The lowest BCUT2D eigenvalue weighted by atomic mass is 10.1. The zero-order valence-corrected chi connectivity index (χ0v) is 11.3. The summed E-state index contributed by atoms with van der Waals surface area (Å²) in [6.07, 6.45) is 0.627. The number of hydrogen-bond acceptors (Lipinski definition) is 5. The van der Waals surface area contributed by atoms with Crippen LogP contribution in [0.2, 0.25) is 5.15 Å². The molecule has 2 heterocycles. The molecule has 0 saturated carbocycles. The largest absolute Gasteiger partial charge is 0.305 e. The van der Waals surface area contributed by atoms with E-state index in [1.54, 1.807) is 25.1 Å². The van der Waals surface area contributed by atoms with Crippen LogP contribution in [0.4, 0.5) is 5.82 Å². The first-order valence-corrected chi connectivity index (χ1v) is 6.11. The first kappa shape index (κ1) is 13.4. The number of hydrogen-bond donors (Lipinski definition) is 1. The first-order valence-electron chi connectivity index (χ1n) is 5.74.